The van der Waals surface area contributed by atoms with Gasteiger partial charge in [0, 0.05) is 33.5 Å². The van der Waals surface area contributed by atoms with Gasteiger partial charge in [-0.2, -0.15) is 0 Å². The van der Waals surface area contributed by atoms with Crippen molar-refractivity contribution < 1.29 is 24.2 Å². The van der Waals surface area contributed by atoms with Crippen molar-refractivity contribution in [3.63, 3.8) is 0 Å². The van der Waals surface area contributed by atoms with Crippen molar-refractivity contribution in [1.82, 2.24) is 10.6 Å². The summed E-state index contributed by atoms with van der Waals surface area (Å²) in [5, 5.41) is 14.2. The fourth-order valence-corrected chi connectivity index (χ4v) is 2.09. The molecule has 116 valence electrons. The molecule has 1 aliphatic rings. The maximum atomic E-state index is 11.7. The number of hydrogen-bond acceptors (Lipinski definition) is 4. The van der Waals surface area contributed by atoms with E-state index in [9.17, 15) is 9.59 Å². The van der Waals surface area contributed by atoms with Gasteiger partial charge in [-0.25, -0.2) is 9.59 Å². The summed E-state index contributed by atoms with van der Waals surface area (Å²) in [7, 11) is 1.56. The first-order valence-corrected chi connectivity index (χ1v) is 6.97. The van der Waals surface area contributed by atoms with Gasteiger partial charge in [0.1, 0.15) is 6.04 Å². The highest BCUT2D eigenvalue weighted by atomic mass is 16.5. The summed E-state index contributed by atoms with van der Waals surface area (Å²) in [6, 6.07) is -1.30. The average molecular weight is 288 g/mol. The summed E-state index contributed by atoms with van der Waals surface area (Å²) in [6.45, 7) is 2.49. The second-order valence-corrected chi connectivity index (χ2v) is 4.94. The lowest BCUT2D eigenvalue weighted by molar-refractivity contribution is -0.139. The first kappa shape index (κ1) is 16.7. The molecule has 1 unspecified atom stereocenters. The van der Waals surface area contributed by atoms with Crippen LogP contribution in [-0.2, 0) is 14.3 Å². The van der Waals surface area contributed by atoms with Crippen LogP contribution in [-0.4, -0.2) is 56.6 Å². The molecule has 2 amide bonds. The lowest BCUT2D eigenvalue weighted by atomic mass is 10.0. The fraction of sp³-hybridized carbons (Fsp3) is 0.846. The highest BCUT2D eigenvalue weighted by molar-refractivity contribution is 5.82. The molecule has 1 aliphatic heterocycles. The zero-order chi connectivity index (χ0) is 14.8. The van der Waals surface area contributed by atoms with Gasteiger partial charge in [-0.05, 0) is 31.6 Å². The van der Waals surface area contributed by atoms with Crippen LogP contribution >= 0.6 is 0 Å². The molecule has 0 bridgehead atoms. The number of nitrogens with one attached hydrogen (secondary N) is 2. The first-order chi connectivity index (χ1) is 9.63. The summed E-state index contributed by atoms with van der Waals surface area (Å²) in [5.41, 5.74) is 0. The van der Waals surface area contributed by atoms with Gasteiger partial charge in [0.2, 0.25) is 0 Å². The zero-order valence-corrected chi connectivity index (χ0v) is 11.9. The number of methoxy groups -OCH3 is 1. The van der Waals surface area contributed by atoms with Crippen LogP contribution in [0.1, 0.15) is 25.7 Å². The molecule has 1 heterocycles. The summed E-state index contributed by atoms with van der Waals surface area (Å²) in [4.78, 5) is 22.7. The third-order valence-corrected chi connectivity index (χ3v) is 3.34. The van der Waals surface area contributed by atoms with E-state index in [1.165, 1.54) is 0 Å². The monoisotopic (exact) mass is 288 g/mol. The van der Waals surface area contributed by atoms with Crippen LogP contribution in [0.3, 0.4) is 0 Å². The number of aliphatic carboxylic acids is 1. The maximum Gasteiger partial charge on any atom is 0.326 e. The Balaban J connectivity index is 2.24. The number of carboxylic acids is 1. The van der Waals surface area contributed by atoms with E-state index < -0.39 is 18.0 Å². The average Bonchev–Trinajstić information content (AvgIpc) is 2.45. The number of carboxylic acid groups (broad SMARTS) is 1. The van der Waals surface area contributed by atoms with E-state index in [0.29, 0.717) is 31.9 Å². The largest absolute Gasteiger partial charge is 0.480 e. The molecule has 7 heteroatoms. The van der Waals surface area contributed by atoms with Crippen LogP contribution in [0.25, 0.3) is 0 Å². The molecule has 0 aromatic rings. The van der Waals surface area contributed by atoms with Gasteiger partial charge in [-0.15, -0.1) is 0 Å². The lowest BCUT2D eigenvalue weighted by Gasteiger charge is -2.22. The number of rotatable bonds is 8. The minimum Gasteiger partial charge on any atom is -0.480 e. The third-order valence-electron chi connectivity index (χ3n) is 3.34. The molecule has 1 saturated heterocycles. The summed E-state index contributed by atoms with van der Waals surface area (Å²) < 4.78 is 10.1. The highest BCUT2D eigenvalue weighted by Crippen LogP contribution is 2.13. The van der Waals surface area contributed by atoms with E-state index >= 15 is 0 Å². The molecular formula is C13H24N2O5. The molecule has 7 nitrogen and oxygen atoms in total. The van der Waals surface area contributed by atoms with Crippen LogP contribution in [0.4, 0.5) is 4.79 Å². The molecule has 0 aromatic heterocycles. The van der Waals surface area contributed by atoms with Gasteiger partial charge in [-0.3, -0.25) is 0 Å². The Labute approximate surface area is 119 Å². The minimum atomic E-state index is -1.03. The number of carbonyl (C=O) groups excluding carboxylic acids is 1. The van der Waals surface area contributed by atoms with E-state index in [1.807, 2.05) is 0 Å². The molecule has 0 aliphatic carbocycles. The van der Waals surface area contributed by atoms with Crippen molar-refractivity contribution in [2.24, 2.45) is 5.92 Å². The molecule has 3 N–H and O–H groups in total. The van der Waals surface area contributed by atoms with Gasteiger partial charge in [0.25, 0.3) is 0 Å². The Bertz CT molecular complexity index is 305. The third kappa shape index (κ3) is 6.72. The van der Waals surface area contributed by atoms with Crippen molar-refractivity contribution in [1.29, 1.82) is 0 Å². The standard InChI is InChI=1S/C13H24N2O5/c1-19-6-2-3-11(12(16)17)15-13(18)14-9-10-4-7-20-8-5-10/h10-11H,2-9H2,1H3,(H,16,17)(H2,14,15,18). The van der Waals surface area contributed by atoms with Crippen LogP contribution in [0.15, 0.2) is 0 Å². The molecule has 1 atom stereocenters. The lowest BCUT2D eigenvalue weighted by Crippen LogP contribution is -2.47. The van der Waals surface area contributed by atoms with E-state index in [0.717, 1.165) is 26.1 Å². The maximum absolute atomic E-state index is 11.7. The second-order valence-electron chi connectivity index (χ2n) is 4.94. The quantitative estimate of drug-likeness (QED) is 0.568. The molecule has 0 spiro atoms. The molecule has 1 rings (SSSR count). The molecule has 20 heavy (non-hydrogen) atoms. The number of urea groups is 1. The van der Waals surface area contributed by atoms with Gasteiger partial charge in [0.05, 0.1) is 0 Å². The molecule has 0 radical (unpaired) electrons. The SMILES string of the molecule is COCCCC(NC(=O)NCC1CCOCC1)C(=O)O. The number of amides is 2. The van der Waals surface area contributed by atoms with Crippen LogP contribution in [0.2, 0.25) is 0 Å². The summed E-state index contributed by atoms with van der Waals surface area (Å²) >= 11 is 0. The van der Waals surface area contributed by atoms with Gasteiger partial charge >= 0.3 is 12.0 Å². The number of ether oxygens (including phenoxy) is 2. The van der Waals surface area contributed by atoms with Gasteiger partial charge in [0.15, 0.2) is 0 Å². The van der Waals surface area contributed by atoms with Crippen molar-refractivity contribution in [3.8, 4) is 0 Å². The summed E-state index contributed by atoms with van der Waals surface area (Å²) in [5.74, 6) is -0.617. The molecule has 0 aromatic carbocycles. The molecule has 1 fully saturated rings. The molecular weight excluding hydrogens is 264 g/mol. The van der Waals surface area contributed by atoms with Crippen LogP contribution in [0.5, 0.6) is 0 Å². The van der Waals surface area contributed by atoms with E-state index in [2.05, 4.69) is 10.6 Å². The Hall–Kier alpha value is -1.34. The summed E-state index contributed by atoms with van der Waals surface area (Å²) in [6.07, 6.45) is 2.80. The Morgan fingerprint density at radius 3 is 2.70 bits per heavy atom. The predicted octanol–water partition coefficient (Wildman–Crippen LogP) is 0.592. The van der Waals surface area contributed by atoms with Crippen LogP contribution < -0.4 is 10.6 Å². The number of hydrogen-bond donors (Lipinski definition) is 3. The van der Waals surface area contributed by atoms with Gasteiger partial charge < -0.3 is 25.2 Å². The normalized spacial score (nSPS) is 17.4. The number of carbonyl (C=O) groups is 2. The Kier molecular flexibility index (Phi) is 7.98. The Morgan fingerprint density at radius 1 is 1.40 bits per heavy atom. The second kappa shape index (κ2) is 9.55. The van der Waals surface area contributed by atoms with E-state index in [4.69, 9.17) is 14.6 Å². The predicted molar refractivity (Wildman–Crippen MR) is 72.6 cm³/mol. The van der Waals surface area contributed by atoms with E-state index in [-0.39, 0.29) is 0 Å². The fourth-order valence-electron chi connectivity index (χ4n) is 2.09. The van der Waals surface area contributed by atoms with Crippen molar-refractivity contribution in [2.45, 2.75) is 31.7 Å². The highest BCUT2D eigenvalue weighted by Gasteiger charge is 2.20. The van der Waals surface area contributed by atoms with Crippen molar-refractivity contribution >= 4 is 12.0 Å². The topological polar surface area (TPSA) is 96.9 Å². The Morgan fingerprint density at radius 2 is 2.10 bits per heavy atom. The molecule has 0 saturated carbocycles. The van der Waals surface area contributed by atoms with Crippen molar-refractivity contribution in [2.75, 3.05) is 33.5 Å². The first-order valence-electron chi connectivity index (χ1n) is 6.97. The smallest absolute Gasteiger partial charge is 0.326 e. The van der Waals surface area contributed by atoms with Crippen molar-refractivity contribution in [3.05, 3.63) is 0 Å². The van der Waals surface area contributed by atoms with Gasteiger partial charge in [-0.1, -0.05) is 0 Å². The van der Waals surface area contributed by atoms with E-state index in [1.54, 1.807) is 7.11 Å². The van der Waals surface area contributed by atoms with Crippen LogP contribution in [0, 0.1) is 5.92 Å². The minimum absolute atomic E-state index is 0.355. The zero-order valence-electron chi connectivity index (χ0n) is 11.9.